The van der Waals surface area contributed by atoms with Crippen molar-refractivity contribution in [1.29, 1.82) is 0 Å². The zero-order valence-corrected chi connectivity index (χ0v) is 15.2. The van der Waals surface area contributed by atoms with Gasteiger partial charge in [-0.25, -0.2) is 4.98 Å². The van der Waals surface area contributed by atoms with Crippen LogP contribution in [0.3, 0.4) is 0 Å². The fourth-order valence-electron chi connectivity index (χ4n) is 3.83. The first-order chi connectivity index (χ1) is 12.5. The molecule has 1 aromatic carbocycles. The van der Waals surface area contributed by atoms with Gasteiger partial charge in [-0.05, 0) is 44.8 Å². The van der Waals surface area contributed by atoms with Crippen LogP contribution in [0.5, 0.6) is 0 Å². The van der Waals surface area contributed by atoms with Crippen LogP contribution in [0.1, 0.15) is 24.2 Å². The number of rotatable bonds is 7. The lowest BCUT2D eigenvalue weighted by Crippen LogP contribution is -2.56. The number of carboxylic acids is 1. The molecule has 1 aliphatic rings. The third-order valence-electron chi connectivity index (χ3n) is 5.53. The van der Waals surface area contributed by atoms with Crippen molar-refractivity contribution in [3.05, 3.63) is 54.1 Å². The Morgan fingerprint density at radius 1 is 1.31 bits per heavy atom. The molecule has 1 saturated heterocycles. The Bertz CT molecular complexity index is 731. The number of likely N-dealkylation sites (tertiary alicyclic amines) is 1. The van der Waals surface area contributed by atoms with Crippen LogP contribution in [-0.2, 0) is 17.8 Å². The third-order valence-corrected chi connectivity index (χ3v) is 5.53. The number of β-amino-alcohol motifs (C(OH)–C–C–N with tert-alkyl or cyclic N) is 1. The van der Waals surface area contributed by atoms with Gasteiger partial charge in [-0.1, -0.05) is 30.3 Å². The highest BCUT2D eigenvalue weighted by Gasteiger charge is 2.48. The molecule has 2 heterocycles. The van der Waals surface area contributed by atoms with Crippen LogP contribution in [0.15, 0.2) is 42.7 Å². The van der Waals surface area contributed by atoms with Crippen LogP contribution in [0.2, 0.25) is 0 Å². The van der Waals surface area contributed by atoms with E-state index < -0.39 is 17.5 Å². The maximum Gasteiger partial charge on any atom is 0.312 e. The minimum absolute atomic E-state index is 0.367. The highest BCUT2D eigenvalue weighted by Crippen LogP contribution is 2.36. The van der Waals surface area contributed by atoms with E-state index in [-0.39, 0.29) is 0 Å². The van der Waals surface area contributed by atoms with E-state index in [1.807, 2.05) is 43.5 Å². The van der Waals surface area contributed by atoms with Gasteiger partial charge in [0.1, 0.15) is 11.2 Å². The number of aromatic nitrogens is 2. The first-order valence-electron chi connectivity index (χ1n) is 9.17. The molecule has 1 aliphatic heterocycles. The van der Waals surface area contributed by atoms with Gasteiger partial charge >= 0.3 is 5.97 Å². The SMILES string of the molecule is Cc1nccn1CCCN1CC[C@](Cc2ccccc2)(C(=O)O)[C@@H](O)C1. The molecule has 1 fully saturated rings. The number of nitrogens with zero attached hydrogens (tertiary/aromatic N) is 3. The van der Waals surface area contributed by atoms with Crippen LogP contribution in [-0.4, -0.2) is 56.4 Å². The standard InChI is InChI=1S/C20H27N3O3/c1-16-21-9-13-23(16)11-5-10-22-12-8-20(19(25)26,18(24)15-22)14-17-6-3-2-4-7-17/h2-4,6-7,9,13,18,24H,5,8,10-12,14-15H2,1H3,(H,25,26)/t18-,20+/m0/s1. The Labute approximate surface area is 154 Å². The number of piperidine rings is 1. The summed E-state index contributed by atoms with van der Waals surface area (Å²) in [6.07, 6.45) is 4.67. The van der Waals surface area contributed by atoms with E-state index in [9.17, 15) is 15.0 Å². The number of aryl methyl sites for hydroxylation is 2. The van der Waals surface area contributed by atoms with Crippen LogP contribution in [0.25, 0.3) is 0 Å². The highest BCUT2D eigenvalue weighted by atomic mass is 16.4. The summed E-state index contributed by atoms with van der Waals surface area (Å²) in [5.41, 5.74) is -0.142. The third kappa shape index (κ3) is 3.97. The Kier molecular flexibility index (Phi) is 5.74. The lowest BCUT2D eigenvalue weighted by Gasteiger charge is -2.43. The van der Waals surface area contributed by atoms with Gasteiger partial charge < -0.3 is 19.7 Å². The molecule has 0 bridgehead atoms. The van der Waals surface area contributed by atoms with Gasteiger partial charge in [0, 0.05) is 25.5 Å². The summed E-state index contributed by atoms with van der Waals surface area (Å²) in [6, 6.07) is 9.58. The van der Waals surface area contributed by atoms with Crippen molar-refractivity contribution in [1.82, 2.24) is 14.5 Å². The van der Waals surface area contributed by atoms with Gasteiger partial charge in [0.15, 0.2) is 0 Å². The smallest absolute Gasteiger partial charge is 0.312 e. The number of aliphatic hydroxyl groups is 1. The molecule has 2 N–H and O–H groups in total. The van der Waals surface area contributed by atoms with Gasteiger partial charge in [-0.3, -0.25) is 4.79 Å². The Hall–Kier alpha value is -2.18. The second kappa shape index (κ2) is 8.01. The van der Waals surface area contributed by atoms with E-state index in [4.69, 9.17) is 0 Å². The lowest BCUT2D eigenvalue weighted by molar-refractivity contribution is -0.162. The van der Waals surface area contributed by atoms with Crippen LogP contribution in [0, 0.1) is 12.3 Å². The summed E-state index contributed by atoms with van der Waals surface area (Å²) in [6.45, 7) is 4.80. The molecule has 140 valence electrons. The van der Waals surface area contributed by atoms with E-state index in [1.54, 1.807) is 6.20 Å². The van der Waals surface area contributed by atoms with Gasteiger partial charge in [0.25, 0.3) is 0 Å². The molecule has 0 amide bonds. The summed E-state index contributed by atoms with van der Waals surface area (Å²) >= 11 is 0. The largest absolute Gasteiger partial charge is 0.481 e. The first-order valence-corrected chi connectivity index (χ1v) is 9.17. The topological polar surface area (TPSA) is 78.6 Å². The quantitative estimate of drug-likeness (QED) is 0.792. The van der Waals surface area contributed by atoms with Crippen LogP contribution >= 0.6 is 0 Å². The fourth-order valence-corrected chi connectivity index (χ4v) is 3.83. The van der Waals surface area contributed by atoms with Crippen molar-refractivity contribution in [2.45, 2.75) is 38.8 Å². The Balaban J connectivity index is 1.58. The van der Waals surface area contributed by atoms with E-state index in [0.29, 0.717) is 25.9 Å². The van der Waals surface area contributed by atoms with Crippen LogP contribution in [0.4, 0.5) is 0 Å². The zero-order valence-electron chi connectivity index (χ0n) is 15.2. The van der Waals surface area contributed by atoms with Crippen molar-refractivity contribution in [3.8, 4) is 0 Å². The maximum atomic E-state index is 12.0. The van der Waals surface area contributed by atoms with Gasteiger partial charge in [-0.2, -0.15) is 0 Å². The average Bonchev–Trinajstić information content (AvgIpc) is 3.03. The second-order valence-corrected chi connectivity index (χ2v) is 7.21. The van der Waals surface area contributed by atoms with Gasteiger partial charge in [-0.15, -0.1) is 0 Å². The van der Waals surface area contributed by atoms with Crippen molar-refractivity contribution < 1.29 is 15.0 Å². The maximum absolute atomic E-state index is 12.0. The zero-order chi connectivity index (χ0) is 18.6. The molecule has 6 heteroatoms. The summed E-state index contributed by atoms with van der Waals surface area (Å²) in [5.74, 6) is 0.0963. The van der Waals surface area contributed by atoms with E-state index in [0.717, 1.165) is 30.9 Å². The highest BCUT2D eigenvalue weighted by molar-refractivity contribution is 5.76. The molecule has 6 nitrogen and oxygen atoms in total. The van der Waals surface area contributed by atoms with Crippen LogP contribution < -0.4 is 0 Å². The minimum Gasteiger partial charge on any atom is -0.481 e. The number of imidazole rings is 1. The molecule has 3 rings (SSSR count). The molecule has 0 aliphatic carbocycles. The monoisotopic (exact) mass is 357 g/mol. The Morgan fingerprint density at radius 3 is 2.69 bits per heavy atom. The van der Waals surface area contributed by atoms with Gasteiger partial charge in [0.05, 0.1) is 6.10 Å². The average molecular weight is 357 g/mol. The Morgan fingerprint density at radius 2 is 2.08 bits per heavy atom. The molecule has 2 atom stereocenters. The molecule has 26 heavy (non-hydrogen) atoms. The summed E-state index contributed by atoms with van der Waals surface area (Å²) in [5, 5.41) is 20.6. The number of hydrogen-bond acceptors (Lipinski definition) is 4. The number of aliphatic hydroxyl groups excluding tert-OH is 1. The first kappa shape index (κ1) is 18.6. The van der Waals surface area contributed by atoms with Crippen molar-refractivity contribution in [2.24, 2.45) is 5.41 Å². The molecule has 2 aromatic rings. The van der Waals surface area contributed by atoms with Crippen molar-refractivity contribution in [2.75, 3.05) is 19.6 Å². The van der Waals surface area contributed by atoms with E-state index in [1.165, 1.54) is 0 Å². The predicted molar refractivity (Wildman–Crippen MR) is 98.9 cm³/mol. The molecule has 1 aromatic heterocycles. The summed E-state index contributed by atoms with van der Waals surface area (Å²) in [4.78, 5) is 18.4. The van der Waals surface area contributed by atoms with Crippen molar-refractivity contribution in [3.63, 3.8) is 0 Å². The molecule has 0 spiro atoms. The van der Waals surface area contributed by atoms with E-state index in [2.05, 4.69) is 14.5 Å². The van der Waals surface area contributed by atoms with Crippen molar-refractivity contribution >= 4 is 5.97 Å². The number of carbonyl (C=O) groups is 1. The normalized spacial score (nSPS) is 23.8. The van der Waals surface area contributed by atoms with Gasteiger partial charge in [0.2, 0.25) is 0 Å². The second-order valence-electron chi connectivity index (χ2n) is 7.21. The molecule has 0 radical (unpaired) electrons. The fraction of sp³-hybridized carbons (Fsp3) is 0.500. The lowest BCUT2D eigenvalue weighted by atomic mass is 9.71. The summed E-state index contributed by atoms with van der Waals surface area (Å²) < 4.78 is 2.11. The number of hydrogen-bond donors (Lipinski definition) is 2. The molecule has 0 saturated carbocycles. The molecule has 0 unspecified atom stereocenters. The minimum atomic E-state index is -1.10. The molecular formula is C20H27N3O3. The number of aliphatic carboxylic acids is 1. The molecular weight excluding hydrogens is 330 g/mol. The predicted octanol–water partition coefficient (Wildman–Crippen LogP) is 1.96. The van der Waals surface area contributed by atoms with E-state index >= 15 is 0 Å². The number of benzene rings is 1. The summed E-state index contributed by atoms with van der Waals surface area (Å²) in [7, 11) is 0. The number of carboxylic acid groups (broad SMARTS) is 1.